The molecule has 1 aliphatic heterocycles. The van der Waals surface area contributed by atoms with Gasteiger partial charge in [-0.3, -0.25) is 0 Å². The summed E-state index contributed by atoms with van der Waals surface area (Å²) in [5.41, 5.74) is 5.51. The minimum atomic E-state index is -0.412. The van der Waals surface area contributed by atoms with Crippen LogP contribution in [-0.2, 0) is 0 Å². The Morgan fingerprint density at radius 2 is 2.32 bits per heavy atom. The molecule has 2 fully saturated rings. The van der Waals surface area contributed by atoms with E-state index in [0.717, 1.165) is 37.2 Å². The number of piperidine rings is 1. The van der Waals surface area contributed by atoms with Crippen molar-refractivity contribution in [2.75, 3.05) is 30.0 Å². The van der Waals surface area contributed by atoms with Crippen LogP contribution in [-0.4, -0.2) is 34.4 Å². The Hall–Kier alpha value is -0.460. The number of rotatable bonds is 2. The fourth-order valence-corrected chi connectivity index (χ4v) is 5.16. The van der Waals surface area contributed by atoms with E-state index in [9.17, 15) is 5.11 Å². The molecule has 2 heterocycles. The number of fused-ring (bicyclic) bond motifs is 1. The molecular weight excluding hydrogens is 278 g/mol. The Morgan fingerprint density at radius 3 is 3.11 bits per heavy atom. The molecule has 0 spiro atoms. The number of nitrogens with zero attached hydrogens (tertiary/aromatic N) is 2. The van der Waals surface area contributed by atoms with Gasteiger partial charge in [0.05, 0.1) is 10.5 Å². The van der Waals surface area contributed by atoms with Gasteiger partial charge in [-0.05, 0) is 37.1 Å². The Kier molecular flexibility index (Phi) is 3.66. The summed E-state index contributed by atoms with van der Waals surface area (Å²) in [6, 6.07) is 0. The highest BCUT2D eigenvalue weighted by Crippen LogP contribution is 2.44. The van der Waals surface area contributed by atoms with E-state index < -0.39 is 5.60 Å². The molecule has 1 aromatic rings. The van der Waals surface area contributed by atoms with Crippen molar-refractivity contribution in [2.45, 2.75) is 42.6 Å². The van der Waals surface area contributed by atoms with Gasteiger partial charge in [-0.25, -0.2) is 0 Å². The van der Waals surface area contributed by atoms with Crippen LogP contribution in [0.3, 0.4) is 0 Å². The fraction of sp³-hybridized carbons (Fsp3) is 0.769. The predicted molar refractivity (Wildman–Crippen MR) is 82.0 cm³/mol. The average Bonchev–Trinajstić information content (AvgIpc) is 2.78. The molecular formula is C13H21N3OS2. The maximum Gasteiger partial charge on any atom is 0.153 e. The molecule has 4 nitrogen and oxygen atoms in total. The summed E-state index contributed by atoms with van der Waals surface area (Å²) in [7, 11) is 0. The lowest BCUT2D eigenvalue weighted by Crippen LogP contribution is -2.53. The van der Waals surface area contributed by atoms with Crippen molar-refractivity contribution in [3.8, 4) is 0 Å². The van der Waals surface area contributed by atoms with Crippen LogP contribution in [0.2, 0.25) is 0 Å². The quantitative estimate of drug-likeness (QED) is 0.822. The van der Waals surface area contributed by atoms with Gasteiger partial charge >= 0.3 is 0 Å². The summed E-state index contributed by atoms with van der Waals surface area (Å²) in [6.45, 7) is 1.87. The van der Waals surface area contributed by atoms with E-state index in [2.05, 4.69) is 9.27 Å². The van der Waals surface area contributed by atoms with Gasteiger partial charge in [0.15, 0.2) is 5.82 Å². The van der Waals surface area contributed by atoms with Crippen LogP contribution in [0.4, 0.5) is 10.8 Å². The normalized spacial score (nSPS) is 31.3. The molecule has 2 atom stereocenters. The number of aromatic nitrogens is 1. The third-order valence-electron chi connectivity index (χ3n) is 4.58. The van der Waals surface area contributed by atoms with E-state index in [1.165, 1.54) is 29.4 Å². The standard InChI is InChI=1S/C13H21N3OS2/c1-18-10-11(14)15-19-12(10)16-7-6-13(17)5-3-2-4-9(13)8-16/h9,17H,2-8H2,1H3,(H2,14,15). The lowest BCUT2D eigenvalue weighted by molar-refractivity contribution is -0.0612. The molecule has 1 aliphatic carbocycles. The highest BCUT2D eigenvalue weighted by molar-refractivity contribution is 7.99. The van der Waals surface area contributed by atoms with Crippen molar-refractivity contribution in [3.63, 3.8) is 0 Å². The summed E-state index contributed by atoms with van der Waals surface area (Å²) in [5, 5.41) is 11.9. The Balaban J connectivity index is 1.80. The SMILES string of the molecule is CSc1c(N)nsc1N1CCC2(O)CCCCC2C1. The van der Waals surface area contributed by atoms with Gasteiger partial charge in [0.25, 0.3) is 0 Å². The van der Waals surface area contributed by atoms with E-state index in [1.54, 1.807) is 11.8 Å². The molecule has 3 N–H and O–H groups in total. The minimum absolute atomic E-state index is 0.410. The molecule has 19 heavy (non-hydrogen) atoms. The first kappa shape index (κ1) is 13.5. The first-order chi connectivity index (χ1) is 9.14. The number of nitrogen functional groups attached to an aromatic ring is 1. The largest absolute Gasteiger partial charge is 0.389 e. The zero-order valence-electron chi connectivity index (χ0n) is 11.3. The Morgan fingerprint density at radius 1 is 1.47 bits per heavy atom. The Bertz CT molecular complexity index is 465. The topological polar surface area (TPSA) is 62.4 Å². The first-order valence-electron chi connectivity index (χ1n) is 6.90. The molecule has 6 heteroatoms. The van der Waals surface area contributed by atoms with Gasteiger partial charge in [-0.1, -0.05) is 12.8 Å². The maximum atomic E-state index is 10.7. The monoisotopic (exact) mass is 299 g/mol. The van der Waals surface area contributed by atoms with Crippen LogP contribution >= 0.6 is 23.3 Å². The summed E-state index contributed by atoms with van der Waals surface area (Å²) < 4.78 is 4.28. The lowest BCUT2D eigenvalue weighted by Gasteiger charge is -2.47. The van der Waals surface area contributed by atoms with Gasteiger partial charge in [0.2, 0.25) is 0 Å². The van der Waals surface area contributed by atoms with Crippen molar-refractivity contribution in [1.29, 1.82) is 0 Å². The molecule has 0 aromatic carbocycles. The van der Waals surface area contributed by atoms with Crippen molar-refractivity contribution < 1.29 is 5.11 Å². The smallest absolute Gasteiger partial charge is 0.153 e. The zero-order valence-corrected chi connectivity index (χ0v) is 12.9. The number of nitrogens with two attached hydrogens (primary N) is 1. The number of hydrogen-bond donors (Lipinski definition) is 2. The highest BCUT2D eigenvalue weighted by Gasteiger charge is 2.43. The number of anilines is 2. The van der Waals surface area contributed by atoms with Crippen LogP contribution < -0.4 is 10.6 Å². The predicted octanol–water partition coefficient (Wildman–Crippen LogP) is 2.58. The molecule has 0 amide bonds. The van der Waals surface area contributed by atoms with Crippen molar-refractivity contribution in [2.24, 2.45) is 5.92 Å². The second kappa shape index (κ2) is 5.14. The third kappa shape index (κ3) is 2.34. The van der Waals surface area contributed by atoms with Crippen molar-refractivity contribution in [3.05, 3.63) is 0 Å². The van der Waals surface area contributed by atoms with Crippen LogP contribution in [0.15, 0.2) is 4.90 Å². The minimum Gasteiger partial charge on any atom is -0.389 e. The summed E-state index contributed by atoms with van der Waals surface area (Å²) in [6.07, 6.45) is 7.48. The molecule has 3 rings (SSSR count). The molecule has 1 saturated carbocycles. The van der Waals surface area contributed by atoms with E-state index in [0.29, 0.717) is 11.7 Å². The number of thioether (sulfide) groups is 1. The number of aliphatic hydroxyl groups is 1. The molecule has 0 bridgehead atoms. The van der Waals surface area contributed by atoms with Crippen molar-refractivity contribution in [1.82, 2.24) is 4.37 Å². The summed E-state index contributed by atoms with van der Waals surface area (Å²) >= 11 is 3.16. The van der Waals surface area contributed by atoms with Crippen LogP contribution in [0, 0.1) is 5.92 Å². The number of hydrogen-bond acceptors (Lipinski definition) is 6. The molecule has 0 radical (unpaired) electrons. The average molecular weight is 299 g/mol. The van der Waals surface area contributed by atoms with Gasteiger partial charge in [-0.2, -0.15) is 4.37 Å². The Labute approximate surface area is 122 Å². The molecule has 2 unspecified atom stereocenters. The lowest BCUT2D eigenvalue weighted by atomic mass is 9.71. The van der Waals surface area contributed by atoms with Crippen LogP contribution in [0.1, 0.15) is 32.1 Å². The van der Waals surface area contributed by atoms with Gasteiger partial charge in [-0.15, -0.1) is 11.8 Å². The molecule has 1 saturated heterocycles. The first-order valence-corrected chi connectivity index (χ1v) is 8.90. The zero-order chi connectivity index (χ0) is 13.5. The van der Waals surface area contributed by atoms with Crippen LogP contribution in [0.25, 0.3) is 0 Å². The maximum absolute atomic E-state index is 10.7. The second-order valence-electron chi connectivity index (χ2n) is 5.65. The van der Waals surface area contributed by atoms with Crippen LogP contribution in [0.5, 0.6) is 0 Å². The van der Waals surface area contributed by atoms with Gasteiger partial charge in [0.1, 0.15) is 5.00 Å². The summed E-state index contributed by atoms with van der Waals surface area (Å²) in [5.74, 6) is 1.06. The van der Waals surface area contributed by atoms with E-state index in [1.807, 2.05) is 6.26 Å². The van der Waals surface area contributed by atoms with E-state index in [4.69, 9.17) is 5.73 Å². The molecule has 106 valence electrons. The van der Waals surface area contributed by atoms with Gasteiger partial charge < -0.3 is 15.7 Å². The van der Waals surface area contributed by atoms with Crippen molar-refractivity contribution >= 4 is 34.1 Å². The van der Waals surface area contributed by atoms with E-state index in [-0.39, 0.29) is 0 Å². The highest BCUT2D eigenvalue weighted by atomic mass is 32.2. The molecule has 1 aromatic heterocycles. The summed E-state index contributed by atoms with van der Waals surface area (Å²) in [4.78, 5) is 3.48. The van der Waals surface area contributed by atoms with Gasteiger partial charge in [0, 0.05) is 19.0 Å². The van der Waals surface area contributed by atoms with E-state index >= 15 is 0 Å². The fourth-order valence-electron chi connectivity index (χ4n) is 3.43. The molecule has 2 aliphatic rings. The second-order valence-corrected chi connectivity index (χ2v) is 7.22. The third-order valence-corrected chi connectivity index (χ3v) is 6.44.